The van der Waals surface area contributed by atoms with E-state index in [1.807, 2.05) is 18.2 Å². The van der Waals surface area contributed by atoms with Crippen LogP contribution in [0.15, 0.2) is 18.2 Å². The van der Waals surface area contributed by atoms with Gasteiger partial charge in [-0.2, -0.15) is 0 Å². The van der Waals surface area contributed by atoms with Crippen LogP contribution in [0.4, 0.5) is 0 Å². The van der Waals surface area contributed by atoms with Gasteiger partial charge in [-0.15, -0.1) is 12.4 Å². The van der Waals surface area contributed by atoms with Crippen molar-refractivity contribution in [1.29, 1.82) is 0 Å². The van der Waals surface area contributed by atoms with Crippen molar-refractivity contribution in [2.45, 2.75) is 26.3 Å². The minimum Gasteiger partial charge on any atom is -0.493 e. The summed E-state index contributed by atoms with van der Waals surface area (Å²) in [5, 5.41) is 2.83. The van der Waals surface area contributed by atoms with Crippen LogP contribution < -0.4 is 20.5 Å². The highest BCUT2D eigenvalue weighted by molar-refractivity contribution is 5.85. The Morgan fingerprint density at radius 2 is 1.86 bits per heavy atom. The molecule has 1 amide bonds. The molecule has 0 aromatic heterocycles. The maximum atomic E-state index is 11.4. The number of carbonyl (C=O) groups excluding carboxylic acids is 1. The van der Waals surface area contributed by atoms with Crippen molar-refractivity contribution in [2.75, 3.05) is 20.8 Å². The highest BCUT2D eigenvalue weighted by Crippen LogP contribution is 2.28. The molecule has 3 N–H and O–H groups in total. The van der Waals surface area contributed by atoms with Crippen LogP contribution in [0.1, 0.15) is 19.4 Å². The lowest BCUT2D eigenvalue weighted by Gasteiger charge is -2.15. The van der Waals surface area contributed by atoms with Crippen molar-refractivity contribution in [1.82, 2.24) is 5.32 Å². The summed E-state index contributed by atoms with van der Waals surface area (Å²) >= 11 is 0. The molecule has 0 aliphatic heterocycles. The second kappa shape index (κ2) is 9.47. The molecule has 1 aromatic rings. The van der Waals surface area contributed by atoms with Crippen LogP contribution in [0, 0.1) is 5.92 Å². The third kappa shape index (κ3) is 6.23. The van der Waals surface area contributed by atoms with E-state index >= 15 is 0 Å². The largest absolute Gasteiger partial charge is 0.493 e. The Morgan fingerprint density at radius 3 is 2.38 bits per heavy atom. The van der Waals surface area contributed by atoms with Gasteiger partial charge < -0.3 is 20.5 Å². The topological polar surface area (TPSA) is 73.6 Å². The predicted octanol–water partition coefficient (Wildman–Crippen LogP) is 1.77. The highest BCUT2D eigenvalue weighted by Gasteiger charge is 2.11. The SMILES string of the molecule is COc1ccc(CC(C)CNC(=O)C(C)N)cc1OC.Cl. The summed E-state index contributed by atoms with van der Waals surface area (Å²) in [6.07, 6.45) is 0.847. The Balaban J connectivity index is 0.00000400. The van der Waals surface area contributed by atoms with Crippen molar-refractivity contribution in [3.05, 3.63) is 23.8 Å². The molecular weight excluding hydrogens is 292 g/mol. The van der Waals surface area contributed by atoms with Crippen molar-refractivity contribution < 1.29 is 14.3 Å². The van der Waals surface area contributed by atoms with Crippen LogP contribution in [-0.4, -0.2) is 32.7 Å². The van der Waals surface area contributed by atoms with Crippen LogP contribution in [0.25, 0.3) is 0 Å². The fourth-order valence-corrected chi connectivity index (χ4v) is 1.92. The third-order valence-electron chi connectivity index (χ3n) is 3.07. The molecule has 120 valence electrons. The van der Waals surface area contributed by atoms with Crippen LogP contribution >= 0.6 is 12.4 Å². The fourth-order valence-electron chi connectivity index (χ4n) is 1.92. The Kier molecular flexibility index (Phi) is 8.81. The Morgan fingerprint density at radius 1 is 1.24 bits per heavy atom. The van der Waals surface area contributed by atoms with Gasteiger partial charge >= 0.3 is 0 Å². The van der Waals surface area contributed by atoms with Gasteiger partial charge in [-0.25, -0.2) is 0 Å². The number of amides is 1. The van der Waals surface area contributed by atoms with Crippen LogP contribution in [0.3, 0.4) is 0 Å². The summed E-state index contributed by atoms with van der Waals surface area (Å²) in [5.41, 5.74) is 6.65. The number of ether oxygens (including phenoxy) is 2. The first-order chi connectivity index (χ1) is 9.47. The molecule has 0 saturated carbocycles. The van der Waals surface area contributed by atoms with Gasteiger partial charge in [0.25, 0.3) is 0 Å². The van der Waals surface area contributed by atoms with Crippen LogP contribution in [-0.2, 0) is 11.2 Å². The molecule has 0 radical (unpaired) electrons. The van der Waals surface area contributed by atoms with Gasteiger partial charge in [0, 0.05) is 6.54 Å². The smallest absolute Gasteiger partial charge is 0.236 e. The predicted molar refractivity (Wildman–Crippen MR) is 86.3 cm³/mol. The molecule has 0 spiro atoms. The van der Waals surface area contributed by atoms with Gasteiger partial charge in [-0.3, -0.25) is 4.79 Å². The van der Waals surface area contributed by atoms with Gasteiger partial charge in [0.1, 0.15) is 0 Å². The van der Waals surface area contributed by atoms with Gasteiger partial charge in [-0.05, 0) is 37.0 Å². The third-order valence-corrected chi connectivity index (χ3v) is 3.07. The fraction of sp³-hybridized carbons (Fsp3) is 0.533. The first kappa shape index (κ1) is 19.5. The zero-order valence-electron chi connectivity index (χ0n) is 13.0. The quantitative estimate of drug-likeness (QED) is 0.804. The minimum absolute atomic E-state index is 0. The highest BCUT2D eigenvalue weighted by atomic mass is 35.5. The van der Waals surface area contributed by atoms with E-state index in [0.29, 0.717) is 18.2 Å². The van der Waals surface area contributed by atoms with E-state index in [2.05, 4.69) is 12.2 Å². The number of nitrogens with two attached hydrogens (primary N) is 1. The van der Waals surface area contributed by atoms with Gasteiger partial charge in [-0.1, -0.05) is 13.0 Å². The van der Waals surface area contributed by atoms with Crippen molar-refractivity contribution in [3.8, 4) is 11.5 Å². The molecule has 6 heteroatoms. The second-order valence-electron chi connectivity index (χ2n) is 5.03. The van der Waals surface area contributed by atoms with Crippen molar-refractivity contribution in [2.24, 2.45) is 11.7 Å². The summed E-state index contributed by atoms with van der Waals surface area (Å²) in [4.78, 5) is 11.4. The summed E-state index contributed by atoms with van der Waals surface area (Å²) in [6, 6.07) is 5.39. The Hall–Kier alpha value is -1.46. The minimum atomic E-state index is -0.469. The molecule has 2 unspecified atom stereocenters. The number of methoxy groups -OCH3 is 2. The van der Waals surface area contributed by atoms with E-state index in [0.717, 1.165) is 17.7 Å². The van der Waals surface area contributed by atoms with E-state index in [9.17, 15) is 4.79 Å². The molecule has 0 heterocycles. The first-order valence-corrected chi connectivity index (χ1v) is 6.72. The molecular formula is C15H25ClN2O3. The lowest BCUT2D eigenvalue weighted by atomic mass is 10.0. The number of carbonyl (C=O) groups is 1. The normalized spacial score (nSPS) is 12.8. The number of hydrogen-bond donors (Lipinski definition) is 2. The molecule has 0 aliphatic rings. The Labute approximate surface area is 132 Å². The summed E-state index contributed by atoms with van der Waals surface area (Å²) in [5.74, 6) is 1.63. The number of halogens is 1. The summed E-state index contributed by atoms with van der Waals surface area (Å²) in [7, 11) is 3.23. The lowest BCUT2D eigenvalue weighted by molar-refractivity contribution is -0.122. The standard InChI is InChI=1S/C15H24N2O3.ClH/c1-10(9-17-15(18)11(2)16)7-12-5-6-13(19-3)14(8-12)20-4;/h5-6,8,10-11H,7,9,16H2,1-4H3,(H,17,18);1H. The molecule has 1 aromatic carbocycles. The number of benzene rings is 1. The molecule has 5 nitrogen and oxygen atoms in total. The molecule has 0 fully saturated rings. The Bertz CT molecular complexity index is 453. The molecule has 0 bridgehead atoms. The van der Waals surface area contributed by atoms with Gasteiger partial charge in [0.2, 0.25) is 5.91 Å². The average molecular weight is 317 g/mol. The molecule has 0 aliphatic carbocycles. The average Bonchev–Trinajstić information content (AvgIpc) is 2.44. The number of hydrogen-bond acceptors (Lipinski definition) is 4. The van der Waals surface area contributed by atoms with Crippen molar-refractivity contribution >= 4 is 18.3 Å². The molecule has 2 atom stereocenters. The second-order valence-corrected chi connectivity index (χ2v) is 5.03. The van der Waals surface area contributed by atoms with Gasteiger partial charge in [0.15, 0.2) is 11.5 Å². The zero-order chi connectivity index (χ0) is 15.1. The molecule has 0 saturated heterocycles. The molecule has 1 rings (SSSR count). The van der Waals surface area contributed by atoms with E-state index in [1.165, 1.54) is 0 Å². The number of nitrogens with one attached hydrogen (secondary N) is 1. The van der Waals surface area contributed by atoms with Crippen molar-refractivity contribution in [3.63, 3.8) is 0 Å². The zero-order valence-corrected chi connectivity index (χ0v) is 13.8. The van der Waals surface area contributed by atoms with E-state index < -0.39 is 6.04 Å². The first-order valence-electron chi connectivity index (χ1n) is 6.72. The molecule has 21 heavy (non-hydrogen) atoms. The van der Waals surface area contributed by atoms with E-state index in [-0.39, 0.29) is 18.3 Å². The lowest BCUT2D eigenvalue weighted by Crippen LogP contribution is -2.40. The van der Waals surface area contributed by atoms with Gasteiger partial charge in [0.05, 0.1) is 20.3 Å². The van der Waals surface area contributed by atoms with Crippen LogP contribution in [0.2, 0.25) is 0 Å². The monoisotopic (exact) mass is 316 g/mol. The van der Waals surface area contributed by atoms with Crippen LogP contribution in [0.5, 0.6) is 11.5 Å². The number of rotatable bonds is 7. The van der Waals surface area contributed by atoms with E-state index in [1.54, 1.807) is 21.1 Å². The maximum Gasteiger partial charge on any atom is 0.236 e. The maximum absolute atomic E-state index is 11.4. The summed E-state index contributed by atoms with van der Waals surface area (Å²) < 4.78 is 10.5. The summed E-state index contributed by atoms with van der Waals surface area (Å²) in [6.45, 7) is 4.36. The van der Waals surface area contributed by atoms with E-state index in [4.69, 9.17) is 15.2 Å².